The van der Waals surface area contributed by atoms with E-state index in [0.29, 0.717) is 12.1 Å². The molecule has 18 heavy (non-hydrogen) atoms. The van der Waals surface area contributed by atoms with Crippen LogP contribution >= 0.6 is 0 Å². The number of nitrogens with zero attached hydrogens (tertiary/aromatic N) is 1. The maximum absolute atomic E-state index is 11.8. The van der Waals surface area contributed by atoms with E-state index in [1.165, 1.54) is 18.9 Å². The van der Waals surface area contributed by atoms with Gasteiger partial charge in [-0.1, -0.05) is 13.0 Å². The normalized spacial score (nSPS) is 14.8. The van der Waals surface area contributed by atoms with E-state index in [1.807, 2.05) is 0 Å². The lowest BCUT2D eigenvalue weighted by Crippen LogP contribution is -2.36. The van der Waals surface area contributed by atoms with E-state index in [0.717, 1.165) is 19.1 Å². The van der Waals surface area contributed by atoms with Gasteiger partial charge in [0.25, 0.3) is 5.91 Å². The third-order valence-electron chi connectivity index (χ3n) is 3.26. The highest BCUT2D eigenvalue weighted by atomic mass is 16.3. The molecule has 98 valence electrons. The highest BCUT2D eigenvalue weighted by Crippen LogP contribution is 2.25. The third-order valence-corrected chi connectivity index (χ3v) is 3.26. The summed E-state index contributed by atoms with van der Waals surface area (Å²) in [5.74, 6) is -0.00596. The Morgan fingerprint density at radius 3 is 2.89 bits per heavy atom. The summed E-state index contributed by atoms with van der Waals surface area (Å²) in [6.45, 7) is 4.73. The van der Waals surface area contributed by atoms with Crippen molar-refractivity contribution in [2.75, 3.05) is 19.6 Å². The van der Waals surface area contributed by atoms with E-state index in [2.05, 4.69) is 17.1 Å². The van der Waals surface area contributed by atoms with Gasteiger partial charge >= 0.3 is 0 Å². The molecule has 1 fully saturated rings. The summed E-state index contributed by atoms with van der Waals surface area (Å²) in [5, 5.41) is 12.2. The number of rotatable bonds is 6. The fraction of sp³-hybridized carbons (Fsp3) is 0.500. The molecule has 0 radical (unpaired) electrons. The van der Waals surface area contributed by atoms with E-state index >= 15 is 0 Å². The number of likely N-dealkylation sites (N-methyl/N-ethyl adjacent to an activating group) is 1. The first-order valence-electron chi connectivity index (χ1n) is 6.52. The Morgan fingerprint density at radius 2 is 2.28 bits per heavy atom. The molecule has 0 unspecified atom stereocenters. The van der Waals surface area contributed by atoms with Gasteiger partial charge in [-0.3, -0.25) is 9.69 Å². The Bertz CT molecular complexity index is 416. The van der Waals surface area contributed by atoms with Crippen molar-refractivity contribution in [3.63, 3.8) is 0 Å². The van der Waals surface area contributed by atoms with Crippen molar-refractivity contribution < 1.29 is 9.90 Å². The fourth-order valence-electron chi connectivity index (χ4n) is 2.10. The molecule has 4 heteroatoms. The SMILES string of the molecule is CCN(CCNC(=O)c1cccc(O)c1)C1CC1. The number of benzene rings is 1. The number of carbonyl (C=O) groups is 1. The first-order valence-corrected chi connectivity index (χ1v) is 6.52. The molecule has 1 aromatic rings. The van der Waals surface area contributed by atoms with Crippen molar-refractivity contribution in [3.05, 3.63) is 29.8 Å². The summed E-state index contributed by atoms with van der Waals surface area (Å²) in [7, 11) is 0. The predicted molar refractivity (Wildman–Crippen MR) is 70.7 cm³/mol. The lowest BCUT2D eigenvalue weighted by atomic mass is 10.2. The van der Waals surface area contributed by atoms with Gasteiger partial charge in [0.2, 0.25) is 0 Å². The van der Waals surface area contributed by atoms with Crippen LogP contribution in [0.5, 0.6) is 5.75 Å². The van der Waals surface area contributed by atoms with Gasteiger partial charge in [0, 0.05) is 24.7 Å². The van der Waals surface area contributed by atoms with Crippen molar-refractivity contribution in [1.29, 1.82) is 0 Å². The molecule has 1 aliphatic carbocycles. The number of phenolic OH excluding ortho intramolecular Hbond substituents is 1. The first-order chi connectivity index (χ1) is 8.70. The van der Waals surface area contributed by atoms with Crippen LogP contribution in [0.25, 0.3) is 0 Å². The fourth-order valence-corrected chi connectivity index (χ4v) is 2.10. The number of amides is 1. The van der Waals surface area contributed by atoms with Gasteiger partial charge in [-0.25, -0.2) is 0 Å². The lowest BCUT2D eigenvalue weighted by molar-refractivity contribution is 0.0947. The van der Waals surface area contributed by atoms with Crippen LogP contribution in [0.3, 0.4) is 0 Å². The summed E-state index contributed by atoms with van der Waals surface area (Å²) in [5.41, 5.74) is 0.504. The van der Waals surface area contributed by atoms with E-state index in [1.54, 1.807) is 18.2 Å². The quantitative estimate of drug-likeness (QED) is 0.804. The molecular formula is C14H20N2O2. The minimum absolute atomic E-state index is 0.121. The topological polar surface area (TPSA) is 52.6 Å². The lowest BCUT2D eigenvalue weighted by Gasteiger charge is -2.19. The molecule has 1 amide bonds. The van der Waals surface area contributed by atoms with Gasteiger partial charge in [-0.05, 0) is 37.6 Å². The van der Waals surface area contributed by atoms with E-state index in [-0.39, 0.29) is 11.7 Å². The molecule has 0 aliphatic heterocycles. The van der Waals surface area contributed by atoms with E-state index in [4.69, 9.17) is 0 Å². The first kappa shape index (κ1) is 12.9. The zero-order valence-corrected chi connectivity index (χ0v) is 10.7. The third kappa shape index (κ3) is 3.47. The largest absolute Gasteiger partial charge is 0.508 e. The van der Waals surface area contributed by atoms with Crippen LogP contribution in [0, 0.1) is 0 Å². The van der Waals surface area contributed by atoms with Gasteiger partial charge in [0.15, 0.2) is 0 Å². The Morgan fingerprint density at radius 1 is 1.50 bits per heavy atom. The second-order valence-corrected chi connectivity index (χ2v) is 4.67. The highest BCUT2D eigenvalue weighted by molar-refractivity contribution is 5.94. The van der Waals surface area contributed by atoms with Crippen molar-refractivity contribution in [2.45, 2.75) is 25.8 Å². The molecule has 4 nitrogen and oxygen atoms in total. The molecule has 0 aromatic heterocycles. The molecule has 2 rings (SSSR count). The monoisotopic (exact) mass is 248 g/mol. The smallest absolute Gasteiger partial charge is 0.251 e. The zero-order chi connectivity index (χ0) is 13.0. The van der Waals surface area contributed by atoms with Gasteiger partial charge in [0.1, 0.15) is 5.75 Å². The second kappa shape index (κ2) is 5.87. The van der Waals surface area contributed by atoms with Crippen molar-refractivity contribution in [2.24, 2.45) is 0 Å². The van der Waals surface area contributed by atoms with Crippen molar-refractivity contribution >= 4 is 5.91 Å². The van der Waals surface area contributed by atoms with Crippen molar-refractivity contribution in [1.82, 2.24) is 10.2 Å². The van der Waals surface area contributed by atoms with Crippen LogP contribution in [0.2, 0.25) is 0 Å². The molecule has 0 atom stereocenters. The Kier molecular flexibility index (Phi) is 4.20. The van der Waals surface area contributed by atoms with Crippen molar-refractivity contribution in [3.8, 4) is 5.75 Å². The molecule has 1 saturated carbocycles. The van der Waals surface area contributed by atoms with Gasteiger partial charge in [-0.15, -0.1) is 0 Å². The molecule has 0 heterocycles. The van der Waals surface area contributed by atoms with Gasteiger partial charge < -0.3 is 10.4 Å². The number of carbonyl (C=O) groups excluding carboxylic acids is 1. The molecular weight excluding hydrogens is 228 g/mol. The highest BCUT2D eigenvalue weighted by Gasteiger charge is 2.27. The van der Waals surface area contributed by atoms with Gasteiger partial charge in [-0.2, -0.15) is 0 Å². The molecule has 0 spiro atoms. The summed E-state index contributed by atoms with van der Waals surface area (Å²) < 4.78 is 0. The van der Waals surface area contributed by atoms with Crippen LogP contribution in [0.15, 0.2) is 24.3 Å². The molecule has 0 bridgehead atoms. The molecule has 1 aliphatic rings. The standard InChI is InChI=1S/C14H20N2O2/c1-2-16(12-6-7-12)9-8-15-14(18)11-4-3-5-13(17)10-11/h3-5,10,12,17H,2,6-9H2,1H3,(H,15,18). The summed E-state index contributed by atoms with van der Waals surface area (Å²) >= 11 is 0. The number of hydrogen-bond donors (Lipinski definition) is 2. The van der Waals surface area contributed by atoms with Crippen LogP contribution in [-0.4, -0.2) is 41.6 Å². The molecule has 1 aromatic carbocycles. The number of aromatic hydroxyl groups is 1. The van der Waals surface area contributed by atoms with Crippen LogP contribution < -0.4 is 5.32 Å². The van der Waals surface area contributed by atoms with E-state index < -0.39 is 0 Å². The van der Waals surface area contributed by atoms with Crippen LogP contribution in [0.4, 0.5) is 0 Å². The maximum Gasteiger partial charge on any atom is 0.251 e. The van der Waals surface area contributed by atoms with Gasteiger partial charge in [0.05, 0.1) is 0 Å². The number of phenols is 1. The summed E-state index contributed by atoms with van der Waals surface area (Å²) in [6, 6.07) is 7.14. The predicted octanol–water partition coefficient (Wildman–Crippen LogP) is 1.61. The summed E-state index contributed by atoms with van der Waals surface area (Å²) in [4.78, 5) is 14.2. The second-order valence-electron chi connectivity index (χ2n) is 4.67. The Balaban J connectivity index is 1.77. The average molecular weight is 248 g/mol. The maximum atomic E-state index is 11.8. The minimum atomic E-state index is -0.127. The number of hydrogen-bond acceptors (Lipinski definition) is 3. The molecule has 0 saturated heterocycles. The Hall–Kier alpha value is -1.55. The Labute approximate surface area is 108 Å². The molecule has 2 N–H and O–H groups in total. The zero-order valence-electron chi connectivity index (χ0n) is 10.7. The number of nitrogens with one attached hydrogen (secondary N) is 1. The summed E-state index contributed by atoms with van der Waals surface area (Å²) in [6.07, 6.45) is 2.57. The minimum Gasteiger partial charge on any atom is -0.508 e. The van der Waals surface area contributed by atoms with E-state index in [9.17, 15) is 9.90 Å². The average Bonchev–Trinajstić information content (AvgIpc) is 3.18. The van der Waals surface area contributed by atoms with Crippen LogP contribution in [0.1, 0.15) is 30.1 Å². The van der Waals surface area contributed by atoms with Crippen LogP contribution in [-0.2, 0) is 0 Å².